The van der Waals surface area contributed by atoms with Gasteiger partial charge in [-0.25, -0.2) is 15.0 Å². The summed E-state index contributed by atoms with van der Waals surface area (Å²) in [6.45, 7) is 3.07. The minimum Gasteiger partial charge on any atom is -0.493 e. The third-order valence-electron chi connectivity index (χ3n) is 3.42. The van der Waals surface area contributed by atoms with E-state index in [1.165, 1.54) is 6.33 Å². The number of nitrogens with one attached hydrogen (secondary N) is 1. The first-order valence-corrected chi connectivity index (χ1v) is 6.78. The van der Waals surface area contributed by atoms with Gasteiger partial charge in [-0.3, -0.25) is 0 Å². The van der Waals surface area contributed by atoms with Crippen molar-refractivity contribution in [1.82, 2.24) is 15.0 Å². The molecule has 0 unspecified atom stereocenters. The van der Waals surface area contributed by atoms with Crippen LogP contribution in [0.3, 0.4) is 0 Å². The van der Waals surface area contributed by atoms with E-state index in [9.17, 15) is 0 Å². The van der Waals surface area contributed by atoms with Crippen molar-refractivity contribution >= 4 is 29.1 Å². The van der Waals surface area contributed by atoms with Crippen LogP contribution in [0.1, 0.15) is 0 Å². The molecule has 8 heteroatoms. The maximum absolute atomic E-state index is 5.35. The lowest BCUT2D eigenvalue weighted by Gasteiger charge is -2.27. The zero-order valence-corrected chi connectivity index (χ0v) is 13.4. The van der Waals surface area contributed by atoms with Gasteiger partial charge in [0.15, 0.2) is 17.3 Å². The molecule has 0 radical (unpaired) electrons. The number of anilines is 1. The van der Waals surface area contributed by atoms with Gasteiger partial charge in [0.05, 0.1) is 33.0 Å². The fourth-order valence-corrected chi connectivity index (χ4v) is 2.30. The van der Waals surface area contributed by atoms with Gasteiger partial charge >= 0.3 is 0 Å². The number of halogens is 1. The van der Waals surface area contributed by atoms with Crippen LogP contribution in [-0.4, -0.2) is 55.5 Å². The Morgan fingerprint density at radius 2 is 1.77 bits per heavy atom. The zero-order chi connectivity index (χ0) is 14.7. The molecule has 2 heterocycles. The van der Waals surface area contributed by atoms with Gasteiger partial charge in [0.2, 0.25) is 0 Å². The maximum Gasteiger partial charge on any atom is 0.162 e. The smallest absolute Gasteiger partial charge is 0.162 e. The van der Waals surface area contributed by atoms with Crippen LogP contribution in [0.2, 0.25) is 0 Å². The van der Waals surface area contributed by atoms with E-state index < -0.39 is 0 Å². The van der Waals surface area contributed by atoms with E-state index in [0.717, 1.165) is 29.8 Å². The van der Waals surface area contributed by atoms with E-state index in [0.29, 0.717) is 24.7 Å². The average Bonchev–Trinajstić information content (AvgIpc) is 2.55. The monoisotopic (exact) mass is 326 g/mol. The quantitative estimate of drug-likeness (QED) is 0.917. The number of rotatable bonds is 4. The maximum atomic E-state index is 5.35. The molecule has 120 valence electrons. The van der Waals surface area contributed by atoms with E-state index in [2.05, 4.69) is 20.4 Å². The second-order valence-electron chi connectivity index (χ2n) is 4.66. The summed E-state index contributed by atoms with van der Waals surface area (Å²) >= 11 is 0. The summed E-state index contributed by atoms with van der Waals surface area (Å²) in [6, 6.07) is 3.73. The fraction of sp³-hybridized carbons (Fsp3) is 0.429. The van der Waals surface area contributed by atoms with Crippen LogP contribution in [0.15, 0.2) is 18.5 Å². The van der Waals surface area contributed by atoms with Crippen molar-refractivity contribution < 1.29 is 14.2 Å². The number of benzene rings is 1. The predicted molar refractivity (Wildman–Crippen MR) is 85.9 cm³/mol. The molecule has 0 aliphatic carbocycles. The summed E-state index contributed by atoms with van der Waals surface area (Å²) in [6.07, 6.45) is 1.54. The number of nitrogens with zero attached hydrogens (tertiary/aromatic N) is 3. The van der Waals surface area contributed by atoms with E-state index in [1.807, 2.05) is 12.1 Å². The van der Waals surface area contributed by atoms with Crippen LogP contribution < -0.4 is 14.9 Å². The van der Waals surface area contributed by atoms with E-state index in [4.69, 9.17) is 14.2 Å². The normalized spacial score (nSPS) is 15.2. The lowest BCUT2D eigenvalue weighted by molar-refractivity contribution is 0.0495. The molecular formula is C14H19ClN4O3. The highest BCUT2D eigenvalue weighted by Gasteiger charge is 2.14. The summed E-state index contributed by atoms with van der Waals surface area (Å²) < 4.78 is 16.0. The van der Waals surface area contributed by atoms with Crippen LogP contribution in [0.5, 0.6) is 11.5 Å². The standard InChI is InChI=1S/C14H18N4O3.ClH/c1-19-12-7-10-11(8-13(12)20-2)15-9-16-14(10)17-18-3-5-21-6-4-18;/h7-9H,3-6H2,1-2H3,(H,15,16,17);1H. The second-order valence-corrected chi connectivity index (χ2v) is 4.66. The number of aromatic nitrogens is 2. The molecule has 2 aromatic rings. The first kappa shape index (κ1) is 16.5. The molecule has 1 aliphatic rings. The van der Waals surface area contributed by atoms with Crippen LogP contribution in [-0.2, 0) is 4.74 Å². The first-order chi connectivity index (χ1) is 10.3. The fourth-order valence-electron chi connectivity index (χ4n) is 2.30. The largest absolute Gasteiger partial charge is 0.493 e. The van der Waals surface area contributed by atoms with Crippen molar-refractivity contribution in [1.29, 1.82) is 0 Å². The molecule has 7 nitrogen and oxygen atoms in total. The molecule has 1 aromatic carbocycles. The lowest BCUT2D eigenvalue weighted by atomic mass is 10.2. The summed E-state index contributed by atoms with van der Waals surface area (Å²) in [5.74, 6) is 2.06. The third kappa shape index (κ3) is 3.32. The SMILES string of the molecule is COc1cc2ncnc(NN3CCOCC3)c2cc1OC.Cl. The number of methoxy groups -OCH3 is 2. The van der Waals surface area contributed by atoms with Crippen molar-refractivity contribution in [2.45, 2.75) is 0 Å². The van der Waals surface area contributed by atoms with E-state index >= 15 is 0 Å². The van der Waals surface area contributed by atoms with Crippen LogP contribution in [0, 0.1) is 0 Å². The van der Waals surface area contributed by atoms with E-state index in [1.54, 1.807) is 14.2 Å². The molecular weight excluding hydrogens is 308 g/mol. The highest BCUT2D eigenvalue weighted by Crippen LogP contribution is 2.33. The van der Waals surface area contributed by atoms with Crippen LogP contribution in [0.25, 0.3) is 10.9 Å². The Morgan fingerprint density at radius 1 is 1.09 bits per heavy atom. The minimum atomic E-state index is 0. The van der Waals surface area contributed by atoms with Crippen molar-refractivity contribution in [3.63, 3.8) is 0 Å². The molecule has 3 rings (SSSR count). The summed E-state index contributed by atoms with van der Waals surface area (Å²) in [4.78, 5) is 8.62. The van der Waals surface area contributed by atoms with E-state index in [-0.39, 0.29) is 12.4 Å². The van der Waals surface area contributed by atoms with Gasteiger partial charge < -0.3 is 19.6 Å². The molecule has 1 aromatic heterocycles. The Morgan fingerprint density at radius 3 is 2.45 bits per heavy atom. The molecule has 1 N–H and O–H groups in total. The summed E-state index contributed by atoms with van der Waals surface area (Å²) in [5.41, 5.74) is 4.12. The van der Waals surface area contributed by atoms with Gasteiger partial charge in [-0.05, 0) is 6.07 Å². The van der Waals surface area contributed by atoms with Crippen LogP contribution >= 0.6 is 12.4 Å². The second kappa shape index (κ2) is 7.44. The Labute approximate surface area is 135 Å². The van der Waals surface area contributed by atoms with Crippen molar-refractivity contribution in [3.05, 3.63) is 18.5 Å². The molecule has 0 amide bonds. The molecule has 0 spiro atoms. The highest BCUT2D eigenvalue weighted by atomic mass is 35.5. The zero-order valence-electron chi connectivity index (χ0n) is 12.5. The minimum absolute atomic E-state index is 0. The van der Waals surface area contributed by atoms with Gasteiger partial charge in [-0.15, -0.1) is 12.4 Å². The number of hydrogen-bond donors (Lipinski definition) is 1. The summed E-state index contributed by atoms with van der Waals surface area (Å²) in [5, 5.41) is 2.98. The molecule has 1 aliphatic heterocycles. The molecule has 0 atom stereocenters. The van der Waals surface area contributed by atoms with Gasteiger partial charge in [0.25, 0.3) is 0 Å². The Kier molecular flexibility index (Phi) is 5.59. The van der Waals surface area contributed by atoms with Gasteiger partial charge in [-0.2, -0.15) is 0 Å². The Hall–Kier alpha value is -1.83. The van der Waals surface area contributed by atoms with Crippen molar-refractivity contribution in [2.75, 3.05) is 45.9 Å². The lowest BCUT2D eigenvalue weighted by Crippen LogP contribution is -2.40. The van der Waals surface area contributed by atoms with Crippen LogP contribution in [0.4, 0.5) is 5.82 Å². The van der Waals surface area contributed by atoms with Crippen molar-refractivity contribution in [3.8, 4) is 11.5 Å². The number of morpholine rings is 1. The third-order valence-corrected chi connectivity index (χ3v) is 3.42. The van der Waals surface area contributed by atoms with Crippen molar-refractivity contribution in [2.24, 2.45) is 0 Å². The van der Waals surface area contributed by atoms with Gasteiger partial charge in [0, 0.05) is 24.5 Å². The number of hydrazine groups is 1. The molecule has 1 saturated heterocycles. The highest BCUT2D eigenvalue weighted by molar-refractivity contribution is 5.91. The number of ether oxygens (including phenoxy) is 3. The molecule has 0 saturated carbocycles. The molecule has 22 heavy (non-hydrogen) atoms. The topological polar surface area (TPSA) is 68.7 Å². The Bertz CT molecular complexity index is 635. The number of fused-ring (bicyclic) bond motifs is 1. The summed E-state index contributed by atoms with van der Waals surface area (Å²) in [7, 11) is 3.22. The predicted octanol–water partition coefficient (Wildman–Crippen LogP) is 1.73. The van der Waals surface area contributed by atoms with Gasteiger partial charge in [-0.1, -0.05) is 0 Å². The Balaban J connectivity index is 0.00000176. The molecule has 1 fully saturated rings. The first-order valence-electron chi connectivity index (χ1n) is 6.78. The molecule has 0 bridgehead atoms. The van der Waals surface area contributed by atoms with Gasteiger partial charge in [0.1, 0.15) is 6.33 Å². The number of hydrogen-bond acceptors (Lipinski definition) is 7. The average molecular weight is 327 g/mol.